The predicted molar refractivity (Wildman–Crippen MR) is 104 cm³/mol. The molecule has 0 aliphatic carbocycles. The molecule has 0 fully saturated rings. The summed E-state index contributed by atoms with van der Waals surface area (Å²) in [4.78, 5) is 12.7. The maximum Gasteiger partial charge on any atom is 0.261 e. The summed E-state index contributed by atoms with van der Waals surface area (Å²) in [6.07, 6.45) is 0. The number of rotatable bonds is 6. The van der Waals surface area contributed by atoms with Crippen LogP contribution in [0.3, 0.4) is 0 Å². The Labute approximate surface area is 164 Å². The number of aromatic nitrogens is 2. The molecule has 0 saturated carbocycles. The van der Waals surface area contributed by atoms with Crippen molar-refractivity contribution in [1.29, 1.82) is 0 Å². The lowest BCUT2D eigenvalue weighted by molar-refractivity contribution is 0.102. The van der Waals surface area contributed by atoms with E-state index in [9.17, 15) is 4.79 Å². The Hall–Kier alpha value is -2.84. The molecule has 0 bridgehead atoms. The van der Waals surface area contributed by atoms with Crippen molar-refractivity contribution < 1.29 is 19.0 Å². The van der Waals surface area contributed by atoms with Gasteiger partial charge in [-0.3, -0.25) is 10.1 Å². The van der Waals surface area contributed by atoms with E-state index in [1.165, 1.54) is 32.7 Å². The van der Waals surface area contributed by atoms with Crippen LogP contribution in [-0.4, -0.2) is 37.4 Å². The van der Waals surface area contributed by atoms with Crippen LogP contribution in [-0.2, 0) is 0 Å². The molecule has 3 rings (SSSR count). The number of methoxy groups -OCH3 is 3. The van der Waals surface area contributed by atoms with Gasteiger partial charge < -0.3 is 14.2 Å². The standard InChI is InChI=1S/C18H16ClN3O4S/c1-24-13-9-15(26-3)14(25-2)8-11(13)16(23)20-18-22-21-17(27-18)10-6-4-5-7-12(10)19/h4-9H,1-3H3,(H,20,22,23). The lowest BCUT2D eigenvalue weighted by atomic mass is 10.1. The van der Waals surface area contributed by atoms with Crippen LogP contribution in [0.2, 0.25) is 5.02 Å². The third-order valence-corrected chi connectivity index (χ3v) is 4.90. The molecule has 1 aromatic heterocycles. The molecule has 0 radical (unpaired) electrons. The summed E-state index contributed by atoms with van der Waals surface area (Å²) in [5.41, 5.74) is 1.03. The van der Waals surface area contributed by atoms with Gasteiger partial charge in [0, 0.05) is 17.7 Å². The first kappa shape index (κ1) is 18.9. The number of hydrogen-bond acceptors (Lipinski definition) is 7. The Morgan fingerprint density at radius 2 is 1.67 bits per heavy atom. The molecule has 9 heteroatoms. The molecule has 1 heterocycles. The van der Waals surface area contributed by atoms with E-state index < -0.39 is 5.91 Å². The monoisotopic (exact) mass is 405 g/mol. The highest BCUT2D eigenvalue weighted by molar-refractivity contribution is 7.18. The number of amides is 1. The molecule has 1 amide bonds. The average Bonchev–Trinajstić information content (AvgIpc) is 3.15. The van der Waals surface area contributed by atoms with E-state index in [-0.39, 0.29) is 5.56 Å². The van der Waals surface area contributed by atoms with Crippen LogP contribution < -0.4 is 19.5 Å². The topological polar surface area (TPSA) is 82.6 Å². The highest BCUT2D eigenvalue weighted by Crippen LogP contribution is 2.36. The first-order valence-electron chi connectivity index (χ1n) is 7.77. The molecule has 0 unspecified atom stereocenters. The van der Waals surface area contributed by atoms with Crippen molar-refractivity contribution in [2.24, 2.45) is 0 Å². The van der Waals surface area contributed by atoms with Gasteiger partial charge in [-0.1, -0.05) is 41.1 Å². The summed E-state index contributed by atoms with van der Waals surface area (Å²) in [5, 5.41) is 12.3. The van der Waals surface area contributed by atoms with E-state index in [1.807, 2.05) is 18.2 Å². The number of halogens is 1. The van der Waals surface area contributed by atoms with E-state index in [4.69, 9.17) is 25.8 Å². The van der Waals surface area contributed by atoms with Crippen LogP contribution in [0.4, 0.5) is 5.13 Å². The fourth-order valence-corrected chi connectivity index (χ4v) is 3.45. The SMILES string of the molecule is COc1cc(OC)c(C(=O)Nc2nnc(-c3ccccc3Cl)s2)cc1OC. The van der Waals surface area contributed by atoms with Crippen LogP contribution in [0, 0.1) is 0 Å². The quantitative estimate of drug-likeness (QED) is 0.663. The Bertz CT molecular complexity index is 977. The smallest absolute Gasteiger partial charge is 0.261 e. The lowest BCUT2D eigenvalue weighted by Gasteiger charge is -2.13. The van der Waals surface area contributed by atoms with Crippen molar-refractivity contribution >= 4 is 34.0 Å². The van der Waals surface area contributed by atoms with E-state index in [0.717, 1.165) is 5.56 Å². The van der Waals surface area contributed by atoms with Gasteiger partial charge in [-0.15, -0.1) is 10.2 Å². The zero-order chi connectivity index (χ0) is 19.4. The number of benzene rings is 2. The number of carbonyl (C=O) groups excluding carboxylic acids is 1. The highest BCUT2D eigenvalue weighted by atomic mass is 35.5. The van der Waals surface area contributed by atoms with Gasteiger partial charge in [0.2, 0.25) is 5.13 Å². The average molecular weight is 406 g/mol. The molecular weight excluding hydrogens is 390 g/mol. The molecule has 3 aromatic rings. The zero-order valence-corrected chi connectivity index (χ0v) is 16.4. The van der Waals surface area contributed by atoms with E-state index in [2.05, 4.69) is 15.5 Å². The van der Waals surface area contributed by atoms with Crippen molar-refractivity contribution in [2.75, 3.05) is 26.6 Å². The fourth-order valence-electron chi connectivity index (χ4n) is 2.39. The fraction of sp³-hybridized carbons (Fsp3) is 0.167. The maximum atomic E-state index is 12.7. The maximum absolute atomic E-state index is 12.7. The Kier molecular flexibility index (Phi) is 5.78. The molecule has 0 spiro atoms. The van der Waals surface area contributed by atoms with Crippen LogP contribution in [0.25, 0.3) is 10.6 Å². The number of carbonyl (C=O) groups is 1. The summed E-state index contributed by atoms with van der Waals surface area (Å²) < 4.78 is 15.8. The third-order valence-electron chi connectivity index (χ3n) is 3.70. The molecule has 0 aliphatic rings. The summed E-state index contributed by atoms with van der Waals surface area (Å²) in [6.45, 7) is 0. The second kappa shape index (κ2) is 8.24. The van der Waals surface area contributed by atoms with Gasteiger partial charge in [-0.25, -0.2) is 0 Å². The van der Waals surface area contributed by atoms with Crippen molar-refractivity contribution in [2.45, 2.75) is 0 Å². The second-order valence-corrected chi connectivity index (χ2v) is 6.64. The van der Waals surface area contributed by atoms with Crippen LogP contribution in [0.1, 0.15) is 10.4 Å². The van der Waals surface area contributed by atoms with Gasteiger partial charge in [0.15, 0.2) is 16.5 Å². The van der Waals surface area contributed by atoms with Gasteiger partial charge in [-0.2, -0.15) is 0 Å². The molecule has 7 nitrogen and oxygen atoms in total. The Morgan fingerprint density at radius 1 is 1.00 bits per heavy atom. The number of ether oxygens (including phenoxy) is 3. The zero-order valence-electron chi connectivity index (χ0n) is 14.8. The molecule has 27 heavy (non-hydrogen) atoms. The predicted octanol–water partition coefficient (Wildman–Crippen LogP) is 4.14. The van der Waals surface area contributed by atoms with Gasteiger partial charge in [0.1, 0.15) is 5.75 Å². The number of nitrogens with one attached hydrogen (secondary N) is 1. The molecule has 0 saturated heterocycles. The molecular formula is C18H16ClN3O4S. The van der Waals surface area contributed by atoms with Crippen LogP contribution in [0.5, 0.6) is 17.2 Å². The highest BCUT2D eigenvalue weighted by Gasteiger charge is 2.19. The van der Waals surface area contributed by atoms with Crippen molar-refractivity contribution in [3.05, 3.63) is 47.0 Å². The Balaban J connectivity index is 1.87. The summed E-state index contributed by atoms with van der Waals surface area (Å²) in [6, 6.07) is 10.4. The minimum absolute atomic E-state index is 0.282. The molecule has 0 aliphatic heterocycles. The van der Waals surface area contributed by atoms with Gasteiger partial charge >= 0.3 is 0 Å². The molecule has 2 aromatic carbocycles. The largest absolute Gasteiger partial charge is 0.496 e. The Morgan fingerprint density at radius 3 is 2.33 bits per heavy atom. The summed E-state index contributed by atoms with van der Waals surface area (Å²) in [5.74, 6) is 0.816. The van der Waals surface area contributed by atoms with Crippen molar-refractivity contribution in [3.8, 4) is 27.8 Å². The molecule has 140 valence electrons. The molecule has 1 N–H and O–H groups in total. The van der Waals surface area contributed by atoms with Crippen LogP contribution >= 0.6 is 22.9 Å². The van der Waals surface area contributed by atoms with Crippen LogP contribution in [0.15, 0.2) is 36.4 Å². The molecule has 0 atom stereocenters. The first-order valence-corrected chi connectivity index (χ1v) is 8.96. The van der Waals surface area contributed by atoms with Crippen molar-refractivity contribution in [1.82, 2.24) is 10.2 Å². The van der Waals surface area contributed by atoms with E-state index in [0.29, 0.717) is 32.4 Å². The van der Waals surface area contributed by atoms with E-state index >= 15 is 0 Å². The van der Waals surface area contributed by atoms with Gasteiger partial charge in [0.05, 0.1) is 31.9 Å². The van der Waals surface area contributed by atoms with Gasteiger partial charge in [0.25, 0.3) is 5.91 Å². The van der Waals surface area contributed by atoms with Gasteiger partial charge in [-0.05, 0) is 6.07 Å². The number of nitrogens with zero attached hydrogens (tertiary/aromatic N) is 2. The number of anilines is 1. The second-order valence-electron chi connectivity index (χ2n) is 5.25. The minimum Gasteiger partial charge on any atom is -0.496 e. The first-order chi connectivity index (χ1) is 13.1. The normalized spacial score (nSPS) is 10.4. The summed E-state index contributed by atoms with van der Waals surface area (Å²) in [7, 11) is 4.47. The summed E-state index contributed by atoms with van der Waals surface area (Å²) >= 11 is 7.40. The van der Waals surface area contributed by atoms with E-state index in [1.54, 1.807) is 18.2 Å². The van der Waals surface area contributed by atoms with Crippen molar-refractivity contribution in [3.63, 3.8) is 0 Å². The minimum atomic E-state index is -0.408. The number of hydrogen-bond donors (Lipinski definition) is 1. The lowest BCUT2D eigenvalue weighted by Crippen LogP contribution is -2.13. The third kappa shape index (κ3) is 3.96.